The van der Waals surface area contributed by atoms with Gasteiger partial charge in [0.1, 0.15) is 0 Å². The first-order valence-corrected chi connectivity index (χ1v) is 7.55. The van der Waals surface area contributed by atoms with Gasteiger partial charge in [-0.1, -0.05) is 38.8 Å². The molecule has 1 heterocycles. The molecule has 0 fully saturated rings. The molecule has 13 heavy (non-hydrogen) atoms. The third kappa shape index (κ3) is 3.72. The number of hydrogen-bond acceptors (Lipinski definition) is 1. The van der Waals surface area contributed by atoms with Crippen molar-refractivity contribution in [3.63, 3.8) is 0 Å². The Morgan fingerprint density at radius 2 is 1.85 bits per heavy atom. The lowest BCUT2D eigenvalue weighted by Gasteiger charge is -2.07. The molecule has 0 radical (unpaired) electrons. The normalized spacial score (nSPS) is 11.1. The van der Waals surface area contributed by atoms with E-state index in [1.165, 1.54) is 16.2 Å². The first kappa shape index (κ1) is 11.7. The van der Waals surface area contributed by atoms with E-state index < -0.39 is 0 Å². The number of hydrogen-bond donors (Lipinski definition) is 0. The predicted molar refractivity (Wildman–Crippen MR) is 68.5 cm³/mol. The highest BCUT2D eigenvalue weighted by atomic mass is 79.9. The van der Waals surface area contributed by atoms with Crippen LogP contribution in [-0.4, -0.2) is 10.7 Å². The van der Waals surface area contributed by atoms with E-state index >= 15 is 0 Å². The average Bonchev–Trinajstić information content (AvgIpc) is 2.61. The number of rotatable bonds is 5. The fourth-order valence-electron chi connectivity index (χ4n) is 1.16. The maximum atomic E-state index is 3.53. The van der Waals surface area contributed by atoms with E-state index in [4.69, 9.17) is 0 Å². The van der Waals surface area contributed by atoms with Gasteiger partial charge in [0.2, 0.25) is 0 Å². The Bertz CT molecular complexity index is 241. The fourth-order valence-corrected chi connectivity index (χ4v) is 3.76. The quantitative estimate of drug-likeness (QED) is 0.710. The molecule has 1 rings (SSSR count). The Balaban J connectivity index is 2.52. The van der Waals surface area contributed by atoms with E-state index in [0.29, 0.717) is 0 Å². The molecular formula is C10H14Br2S. The zero-order valence-electron chi connectivity index (χ0n) is 7.72. The molecule has 0 saturated heterocycles. The van der Waals surface area contributed by atoms with Crippen molar-refractivity contribution in [2.45, 2.75) is 19.8 Å². The second-order valence-corrected chi connectivity index (χ2v) is 5.65. The molecule has 0 amide bonds. The summed E-state index contributed by atoms with van der Waals surface area (Å²) in [6, 6.07) is 4.52. The van der Waals surface area contributed by atoms with Gasteiger partial charge in [-0.25, -0.2) is 0 Å². The SMILES string of the molecule is CCc1ccc(CC(CBr)CBr)s1. The van der Waals surface area contributed by atoms with E-state index in [1.54, 1.807) is 0 Å². The first-order chi connectivity index (χ1) is 6.30. The second kappa shape index (κ2) is 6.20. The van der Waals surface area contributed by atoms with Gasteiger partial charge in [0.05, 0.1) is 0 Å². The summed E-state index contributed by atoms with van der Waals surface area (Å²) in [5.74, 6) is 0.725. The second-order valence-electron chi connectivity index (χ2n) is 3.10. The van der Waals surface area contributed by atoms with Gasteiger partial charge in [-0.3, -0.25) is 0 Å². The van der Waals surface area contributed by atoms with Gasteiger partial charge in [-0.2, -0.15) is 0 Å². The molecule has 0 atom stereocenters. The third-order valence-electron chi connectivity index (χ3n) is 1.99. The zero-order valence-corrected chi connectivity index (χ0v) is 11.7. The smallest absolute Gasteiger partial charge is 0.00711 e. The summed E-state index contributed by atoms with van der Waals surface area (Å²) < 4.78 is 0. The van der Waals surface area contributed by atoms with Crippen LogP contribution >= 0.6 is 43.2 Å². The molecular weight excluding hydrogens is 312 g/mol. The summed E-state index contributed by atoms with van der Waals surface area (Å²) in [6.45, 7) is 2.21. The van der Waals surface area contributed by atoms with Crippen molar-refractivity contribution in [3.8, 4) is 0 Å². The van der Waals surface area contributed by atoms with Gasteiger partial charge in [0.25, 0.3) is 0 Å². The van der Waals surface area contributed by atoms with Crippen molar-refractivity contribution in [2.24, 2.45) is 5.92 Å². The maximum Gasteiger partial charge on any atom is 0.00711 e. The van der Waals surface area contributed by atoms with Crippen LogP contribution in [0.25, 0.3) is 0 Å². The highest BCUT2D eigenvalue weighted by Crippen LogP contribution is 2.21. The Kier molecular flexibility index (Phi) is 5.60. The van der Waals surface area contributed by atoms with E-state index in [2.05, 4.69) is 50.9 Å². The van der Waals surface area contributed by atoms with Crippen molar-refractivity contribution >= 4 is 43.2 Å². The molecule has 0 aliphatic rings. The van der Waals surface area contributed by atoms with Gasteiger partial charge in [-0.15, -0.1) is 11.3 Å². The van der Waals surface area contributed by atoms with Gasteiger partial charge >= 0.3 is 0 Å². The average molecular weight is 326 g/mol. The molecule has 0 aliphatic heterocycles. The van der Waals surface area contributed by atoms with Crippen LogP contribution in [0.4, 0.5) is 0 Å². The number of halogens is 2. The van der Waals surface area contributed by atoms with E-state index in [1.807, 2.05) is 11.3 Å². The van der Waals surface area contributed by atoms with Crippen LogP contribution in [0.1, 0.15) is 16.7 Å². The minimum atomic E-state index is 0.725. The van der Waals surface area contributed by atoms with Gasteiger partial charge < -0.3 is 0 Å². The zero-order chi connectivity index (χ0) is 9.68. The molecule has 74 valence electrons. The lowest BCUT2D eigenvalue weighted by Crippen LogP contribution is -2.05. The molecule has 3 heteroatoms. The topological polar surface area (TPSA) is 0 Å². The van der Waals surface area contributed by atoms with Gasteiger partial charge in [-0.05, 0) is 30.9 Å². The molecule has 1 aromatic heterocycles. The Morgan fingerprint density at radius 1 is 1.23 bits per heavy atom. The standard InChI is InChI=1S/C10H14Br2S/c1-2-9-3-4-10(13-9)5-8(6-11)7-12/h3-4,8H,2,5-7H2,1H3. The van der Waals surface area contributed by atoms with Gasteiger partial charge in [0, 0.05) is 20.4 Å². The highest BCUT2D eigenvalue weighted by molar-refractivity contribution is 9.09. The number of alkyl halides is 2. The van der Waals surface area contributed by atoms with Gasteiger partial charge in [0.15, 0.2) is 0 Å². The molecule has 0 unspecified atom stereocenters. The van der Waals surface area contributed by atoms with Crippen molar-refractivity contribution in [1.29, 1.82) is 0 Å². The minimum absolute atomic E-state index is 0.725. The molecule has 1 aromatic rings. The van der Waals surface area contributed by atoms with Crippen LogP contribution < -0.4 is 0 Å². The summed E-state index contributed by atoms with van der Waals surface area (Å²) in [4.78, 5) is 3.01. The molecule has 0 aliphatic carbocycles. The van der Waals surface area contributed by atoms with Crippen molar-refractivity contribution in [3.05, 3.63) is 21.9 Å². The summed E-state index contributed by atoms with van der Waals surface area (Å²) in [5, 5.41) is 2.16. The van der Waals surface area contributed by atoms with E-state index in [0.717, 1.165) is 23.0 Å². The Morgan fingerprint density at radius 3 is 2.31 bits per heavy atom. The minimum Gasteiger partial charge on any atom is -0.145 e. The summed E-state index contributed by atoms with van der Waals surface area (Å²) in [7, 11) is 0. The first-order valence-electron chi connectivity index (χ1n) is 4.49. The third-order valence-corrected chi connectivity index (χ3v) is 5.08. The summed E-state index contributed by atoms with van der Waals surface area (Å²) in [6.07, 6.45) is 2.36. The summed E-state index contributed by atoms with van der Waals surface area (Å²) >= 11 is 9.01. The summed E-state index contributed by atoms with van der Waals surface area (Å²) in [5.41, 5.74) is 0. The van der Waals surface area contributed by atoms with Crippen molar-refractivity contribution in [2.75, 3.05) is 10.7 Å². The van der Waals surface area contributed by atoms with Crippen LogP contribution in [0.15, 0.2) is 12.1 Å². The van der Waals surface area contributed by atoms with Crippen LogP contribution in [0, 0.1) is 5.92 Å². The lowest BCUT2D eigenvalue weighted by molar-refractivity contribution is 0.687. The van der Waals surface area contributed by atoms with Crippen LogP contribution in [0.3, 0.4) is 0 Å². The van der Waals surface area contributed by atoms with Crippen LogP contribution in [-0.2, 0) is 12.8 Å². The van der Waals surface area contributed by atoms with Crippen LogP contribution in [0.2, 0.25) is 0 Å². The molecule has 0 N–H and O–H groups in total. The largest absolute Gasteiger partial charge is 0.145 e. The van der Waals surface area contributed by atoms with E-state index in [9.17, 15) is 0 Å². The number of aryl methyl sites for hydroxylation is 1. The molecule has 0 aromatic carbocycles. The van der Waals surface area contributed by atoms with E-state index in [-0.39, 0.29) is 0 Å². The van der Waals surface area contributed by atoms with Crippen LogP contribution in [0.5, 0.6) is 0 Å². The van der Waals surface area contributed by atoms with Crippen molar-refractivity contribution in [1.82, 2.24) is 0 Å². The predicted octanol–water partition coefficient (Wildman–Crippen LogP) is 4.26. The van der Waals surface area contributed by atoms with Crippen molar-refractivity contribution < 1.29 is 0 Å². The fraction of sp³-hybridized carbons (Fsp3) is 0.600. The Labute approximate surface area is 101 Å². The molecule has 0 bridgehead atoms. The lowest BCUT2D eigenvalue weighted by atomic mass is 10.1. The molecule has 0 nitrogen and oxygen atoms in total. The maximum absolute atomic E-state index is 3.53. The Hall–Kier alpha value is 0.660. The monoisotopic (exact) mass is 324 g/mol. The molecule has 0 spiro atoms. The highest BCUT2D eigenvalue weighted by Gasteiger charge is 2.07. The number of thiophene rings is 1. The molecule has 0 saturated carbocycles.